The van der Waals surface area contributed by atoms with Crippen LogP contribution in [0.1, 0.15) is 6.92 Å². The van der Waals surface area contributed by atoms with Crippen LogP contribution in [-0.4, -0.2) is 42.8 Å². The second-order valence-electron chi connectivity index (χ2n) is 4.05. The number of anilines is 1. The first-order chi connectivity index (χ1) is 9.75. The summed E-state index contributed by atoms with van der Waals surface area (Å²) in [5, 5.41) is 0. The van der Waals surface area contributed by atoms with Crippen LogP contribution in [0.5, 0.6) is 5.75 Å². The second-order valence-corrected chi connectivity index (χ2v) is 7.80. The molecule has 0 atom stereocenters. The van der Waals surface area contributed by atoms with Gasteiger partial charge in [0.1, 0.15) is 10.6 Å². The third-order valence-corrected chi connectivity index (χ3v) is 5.37. The summed E-state index contributed by atoms with van der Waals surface area (Å²) in [5.41, 5.74) is 5.19. The van der Waals surface area contributed by atoms with Crippen molar-refractivity contribution >= 4 is 25.7 Å². The van der Waals surface area contributed by atoms with Crippen LogP contribution in [0.3, 0.4) is 0 Å². The summed E-state index contributed by atoms with van der Waals surface area (Å²) in [6, 6.07) is 4.01. The van der Waals surface area contributed by atoms with Crippen LogP contribution in [0, 0.1) is 0 Å². The van der Waals surface area contributed by atoms with Gasteiger partial charge in [-0.25, -0.2) is 21.6 Å². The van der Waals surface area contributed by atoms with E-state index in [1.54, 1.807) is 0 Å². The fourth-order valence-electron chi connectivity index (χ4n) is 1.46. The smallest absolute Gasteiger partial charge is 0.242 e. The van der Waals surface area contributed by atoms with Gasteiger partial charge in [-0.15, -0.1) is 0 Å². The topological polar surface area (TPSA) is 128 Å². The summed E-state index contributed by atoms with van der Waals surface area (Å²) < 4.78 is 57.1. The molecule has 0 unspecified atom stereocenters. The van der Waals surface area contributed by atoms with Crippen LogP contribution in [-0.2, 0) is 20.0 Å². The highest BCUT2D eigenvalue weighted by molar-refractivity contribution is 7.93. The van der Waals surface area contributed by atoms with E-state index in [0.717, 1.165) is 0 Å². The first-order valence-corrected chi connectivity index (χ1v) is 9.27. The summed E-state index contributed by atoms with van der Waals surface area (Å²) in [5.74, 6) is 0.154. The molecule has 0 heterocycles. The summed E-state index contributed by atoms with van der Waals surface area (Å²) in [6.45, 7) is 1.63. The van der Waals surface area contributed by atoms with Gasteiger partial charge in [-0.2, -0.15) is 0 Å². The Bertz CT molecular complexity index is 686. The van der Waals surface area contributed by atoms with Crippen LogP contribution in [0.25, 0.3) is 0 Å². The highest BCUT2D eigenvalue weighted by atomic mass is 32.2. The predicted molar refractivity (Wildman–Crippen MR) is 80.3 cm³/mol. The first kappa shape index (κ1) is 17.7. The standard InChI is InChI=1S/C11H19N3O5S2/c1-3-20(15,16)14-10-8-9(19-2)4-5-11(10)21(17,18)13-7-6-12/h4-5,8,13-14H,3,6-7,12H2,1-2H3. The normalized spacial score (nSPS) is 12.1. The first-order valence-electron chi connectivity index (χ1n) is 6.14. The molecule has 4 N–H and O–H groups in total. The van der Waals surface area contributed by atoms with Crippen molar-refractivity contribution in [1.82, 2.24) is 4.72 Å². The molecule has 10 heteroatoms. The van der Waals surface area contributed by atoms with Gasteiger partial charge in [0.05, 0.1) is 18.6 Å². The minimum Gasteiger partial charge on any atom is -0.497 e. The molecule has 0 saturated heterocycles. The van der Waals surface area contributed by atoms with Gasteiger partial charge in [0.15, 0.2) is 0 Å². The molecule has 120 valence electrons. The molecular formula is C11H19N3O5S2. The SMILES string of the molecule is CCS(=O)(=O)Nc1cc(OC)ccc1S(=O)(=O)NCCN. The Balaban J connectivity index is 3.32. The molecule has 0 amide bonds. The zero-order chi connectivity index (χ0) is 16.1. The van der Waals surface area contributed by atoms with Crippen LogP contribution < -0.4 is 19.9 Å². The molecule has 1 aromatic rings. The molecule has 8 nitrogen and oxygen atoms in total. The van der Waals surface area contributed by atoms with E-state index in [1.165, 1.54) is 32.2 Å². The van der Waals surface area contributed by atoms with E-state index in [4.69, 9.17) is 10.5 Å². The summed E-state index contributed by atoms with van der Waals surface area (Å²) in [6.07, 6.45) is 0. The van der Waals surface area contributed by atoms with Crippen molar-refractivity contribution in [2.45, 2.75) is 11.8 Å². The number of hydrogen-bond acceptors (Lipinski definition) is 6. The average molecular weight is 337 g/mol. The summed E-state index contributed by atoms with van der Waals surface area (Å²) in [7, 11) is -6.10. The molecule has 0 aliphatic carbocycles. The van der Waals surface area contributed by atoms with Crippen molar-refractivity contribution in [2.75, 3.05) is 30.7 Å². The van der Waals surface area contributed by atoms with Gasteiger partial charge >= 0.3 is 0 Å². The fraction of sp³-hybridized carbons (Fsp3) is 0.455. The maximum Gasteiger partial charge on any atom is 0.242 e. The molecule has 0 saturated carbocycles. The van der Waals surface area contributed by atoms with Gasteiger partial charge < -0.3 is 10.5 Å². The van der Waals surface area contributed by atoms with Gasteiger partial charge in [-0.1, -0.05) is 0 Å². The lowest BCUT2D eigenvalue weighted by atomic mass is 10.3. The predicted octanol–water partition coefficient (Wildman–Crippen LogP) is -0.306. The number of sulfonamides is 2. The van der Waals surface area contributed by atoms with E-state index < -0.39 is 20.0 Å². The molecule has 0 aliphatic rings. The Labute approximate surface area is 124 Å². The highest BCUT2D eigenvalue weighted by Gasteiger charge is 2.21. The van der Waals surface area contributed by atoms with E-state index in [2.05, 4.69) is 9.44 Å². The second kappa shape index (κ2) is 7.07. The number of rotatable bonds is 8. The Kier molecular flexibility index (Phi) is 5.96. The van der Waals surface area contributed by atoms with Crippen molar-refractivity contribution in [3.63, 3.8) is 0 Å². The molecule has 0 fully saturated rings. The molecule has 0 aliphatic heterocycles. The molecule has 0 bridgehead atoms. The molecule has 21 heavy (non-hydrogen) atoms. The number of benzene rings is 1. The van der Waals surface area contributed by atoms with Gasteiger partial charge in [0, 0.05) is 19.2 Å². The van der Waals surface area contributed by atoms with Gasteiger partial charge in [0.2, 0.25) is 20.0 Å². The third-order valence-electron chi connectivity index (χ3n) is 2.56. The van der Waals surface area contributed by atoms with Crippen molar-refractivity contribution in [3.8, 4) is 5.75 Å². The van der Waals surface area contributed by atoms with E-state index >= 15 is 0 Å². The highest BCUT2D eigenvalue weighted by Crippen LogP contribution is 2.27. The van der Waals surface area contributed by atoms with Crippen molar-refractivity contribution < 1.29 is 21.6 Å². The van der Waals surface area contributed by atoms with E-state index in [-0.39, 0.29) is 29.4 Å². The lowest BCUT2D eigenvalue weighted by Crippen LogP contribution is -2.30. The van der Waals surface area contributed by atoms with Crippen LogP contribution in [0.15, 0.2) is 23.1 Å². The van der Waals surface area contributed by atoms with Gasteiger partial charge in [-0.05, 0) is 19.1 Å². The Morgan fingerprint density at radius 3 is 2.43 bits per heavy atom. The van der Waals surface area contributed by atoms with Crippen molar-refractivity contribution in [3.05, 3.63) is 18.2 Å². The minimum atomic E-state index is -3.87. The maximum absolute atomic E-state index is 12.1. The van der Waals surface area contributed by atoms with E-state index in [9.17, 15) is 16.8 Å². The van der Waals surface area contributed by atoms with Gasteiger partial charge in [0.25, 0.3) is 0 Å². The third kappa shape index (κ3) is 4.84. The van der Waals surface area contributed by atoms with Crippen LogP contribution >= 0.6 is 0 Å². The average Bonchev–Trinajstić information content (AvgIpc) is 2.44. The van der Waals surface area contributed by atoms with Crippen molar-refractivity contribution in [1.29, 1.82) is 0 Å². The summed E-state index contributed by atoms with van der Waals surface area (Å²) >= 11 is 0. The molecule has 1 aromatic carbocycles. The largest absolute Gasteiger partial charge is 0.497 e. The van der Waals surface area contributed by atoms with Crippen molar-refractivity contribution in [2.24, 2.45) is 5.73 Å². The number of ether oxygens (including phenoxy) is 1. The minimum absolute atomic E-state index is 0.0499. The van der Waals surface area contributed by atoms with E-state index in [0.29, 0.717) is 5.75 Å². The van der Waals surface area contributed by atoms with Crippen LogP contribution in [0.2, 0.25) is 0 Å². The van der Waals surface area contributed by atoms with E-state index in [1.807, 2.05) is 0 Å². The number of hydrogen-bond donors (Lipinski definition) is 3. The summed E-state index contributed by atoms with van der Waals surface area (Å²) in [4.78, 5) is -0.186. The number of nitrogens with one attached hydrogen (secondary N) is 2. The Morgan fingerprint density at radius 1 is 1.24 bits per heavy atom. The van der Waals surface area contributed by atoms with Crippen LogP contribution in [0.4, 0.5) is 5.69 Å². The molecule has 0 radical (unpaired) electrons. The lowest BCUT2D eigenvalue weighted by Gasteiger charge is -2.14. The zero-order valence-corrected chi connectivity index (χ0v) is 13.4. The molecule has 0 aromatic heterocycles. The number of nitrogens with two attached hydrogens (primary N) is 1. The molecule has 0 spiro atoms. The quantitative estimate of drug-likeness (QED) is 0.597. The molecule has 1 rings (SSSR count). The lowest BCUT2D eigenvalue weighted by molar-refractivity contribution is 0.414. The Hall–Kier alpha value is -1.36. The van der Waals surface area contributed by atoms with Gasteiger partial charge in [-0.3, -0.25) is 4.72 Å². The maximum atomic E-state index is 12.1. The fourth-order valence-corrected chi connectivity index (χ4v) is 3.36. The number of methoxy groups -OCH3 is 1. The monoisotopic (exact) mass is 337 g/mol. The Morgan fingerprint density at radius 2 is 1.90 bits per heavy atom. The zero-order valence-electron chi connectivity index (χ0n) is 11.8. The molecular weight excluding hydrogens is 318 g/mol.